The first kappa shape index (κ1) is 12.0. The molecule has 0 radical (unpaired) electrons. The van der Waals surface area contributed by atoms with Crippen molar-refractivity contribution in [3.63, 3.8) is 0 Å². The highest BCUT2D eigenvalue weighted by molar-refractivity contribution is 9.10. The molecule has 2 heterocycles. The van der Waals surface area contributed by atoms with Crippen LogP contribution in [0.5, 0.6) is 0 Å². The van der Waals surface area contributed by atoms with Crippen LogP contribution >= 0.6 is 15.9 Å². The number of nitrogens with zero attached hydrogens (tertiary/aromatic N) is 2. The summed E-state index contributed by atoms with van der Waals surface area (Å²) in [7, 11) is 0. The van der Waals surface area contributed by atoms with Crippen LogP contribution in [0.4, 0.5) is 0 Å². The monoisotopic (exact) mass is 315 g/mol. The Morgan fingerprint density at radius 3 is 2.74 bits per heavy atom. The molecule has 2 aromatic heterocycles. The van der Waals surface area contributed by atoms with Crippen LogP contribution in [-0.4, -0.2) is 15.0 Å². The van der Waals surface area contributed by atoms with E-state index in [9.17, 15) is 4.79 Å². The number of aromatic amines is 1. The zero-order valence-corrected chi connectivity index (χ0v) is 11.7. The van der Waals surface area contributed by atoms with Gasteiger partial charge < -0.3 is 4.98 Å². The molecule has 0 aliphatic rings. The molecule has 0 amide bonds. The number of H-pyrrole nitrogens is 1. The summed E-state index contributed by atoms with van der Waals surface area (Å²) in [5.41, 5.74) is 1.99. The van der Waals surface area contributed by atoms with Crippen molar-refractivity contribution in [2.75, 3.05) is 0 Å². The Morgan fingerprint density at radius 1 is 1.16 bits per heavy atom. The molecule has 4 nitrogen and oxygen atoms in total. The molecule has 0 saturated carbocycles. The second kappa shape index (κ2) is 4.59. The Bertz CT molecular complexity index is 826. The maximum Gasteiger partial charge on any atom is 0.251 e. The maximum absolute atomic E-state index is 11.5. The number of hydrogen-bond acceptors (Lipinski definition) is 3. The molecule has 0 aliphatic heterocycles. The first-order valence-corrected chi connectivity index (χ1v) is 6.56. The third-order valence-electron chi connectivity index (χ3n) is 2.77. The van der Waals surface area contributed by atoms with Crippen LogP contribution in [-0.2, 0) is 0 Å². The standard InChI is InChI=1S/C14H10BrN3O/c1-8-6-12(19)18-14(16-8)13-10(15)7-9-4-2-3-5-11(9)17-13/h2-7H,1H3,(H,16,18,19). The molecule has 0 saturated heterocycles. The molecule has 0 fully saturated rings. The van der Waals surface area contributed by atoms with E-state index in [0.717, 1.165) is 15.4 Å². The van der Waals surface area contributed by atoms with Gasteiger partial charge in [0.15, 0.2) is 5.82 Å². The maximum atomic E-state index is 11.5. The van der Waals surface area contributed by atoms with E-state index >= 15 is 0 Å². The van der Waals surface area contributed by atoms with Gasteiger partial charge in [-0.2, -0.15) is 0 Å². The number of fused-ring (bicyclic) bond motifs is 1. The lowest BCUT2D eigenvalue weighted by molar-refractivity contribution is 1.06. The van der Waals surface area contributed by atoms with Crippen LogP contribution in [0.1, 0.15) is 5.69 Å². The average Bonchev–Trinajstić information content (AvgIpc) is 2.36. The number of aryl methyl sites for hydroxylation is 1. The molecule has 5 heteroatoms. The lowest BCUT2D eigenvalue weighted by Gasteiger charge is -2.06. The molecule has 94 valence electrons. The van der Waals surface area contributed by atoms with Gasteiger partial charge >= 0.3 is 0 Å². The SMILES string of the molecule is Cc1cc(=O)[nH]c(-c2nc3ccccc3cc2Br)n1. The van der Waals surface area contributed by atoms with Gasteiger partial charge in [0.05, 0.1) is 5.52 Å². The van der Waals surface area contributed by atoms with Crippen LogP contribution in [0.25, 0.3) is 22.4 Å². The molecule has 0 bridgehead atoms. The van der Waals surface area contributed by atoms with Crippen molar-refractivity contribution in [3.05, 3.63) is 56.9 Å². The molecule has 0 spiro atoms. The molecule has 0 aliphatic carbocycles. The summed E-state index contributed by atoms with van der Waals surface area (Å²) in [6.45, 7) is 1.79. The Balaban J connectivity index is 2.29. The summed E-state index contributed by atoms with van der Waals surface area (Å²) in [4.78, 5) is 23.1. The van der Waals surface area contributed by atoms with Gasteiger partial charge in [0.25, 0.3) is 5.56 Å². The van der Waals surface area contributed by atoms with Crippen molar-refractivity contribution < 1.29 is 0 Å². The predicted octanol–water partition coefficient (Wildman–Crippen LogP) is 3.06. The van der Waals surface area contributed by atoms with Crippen molar-refractivity contribution in [2.45, 2.75) is 6.92 Å². The number of benzene rings is 1. The topological polar surface area (TPSA) is 58.6 Å². The molecule has 19 heavy (non-hydrogen) atoms. The van der Waals surface area contributed by atoms with Crippen molar-refractivity contribution in [2.24, 2.45) is 0 Å². The molecule has 0 unspecified atom stereocenters. The number of pyridine rings is 1. The van der Waals surface area contributed by atoms with Crippen LogP contribution < -0.4 is 5.56 Å². The van der Waals surface area contributed by atoms with E-state index in [1.54, 1.807) is 6.92 Å². The summed E-state index contributed by atoms with van der Waals surface area (Å²) in [5.74, 6) is 0.475. The van der Waals surface area contributed by atoms with Crippen molar-refractivity contribution in [1.29, 1.82) is 0 Å². The molecule has 1 N–H and O–H groups in total. The minimum Gasteiger partial charge on any atom is -0.305 e. The van der Waals surface area contributed by atoms with E-state index < -0.39 is 0 Å². The van der Waals surface area contributed by atoms with Gasteiger partial charge in [-0.05, 0) is 35.0 Å². The van der Waals surface area contributed by atoms with Crippen molar-refractivity contribution >= 4 is 26.8 Å². The first-order valence-electron chi connectivity index (χ1n) is 5.77. The zero-order valence-electron chi connectivity index (χ0n) is 10.1. The van der Waals surface area contributed by atoms with E-state index in [-0.39, 0.29) is 5.56 Å². The fraction of sp³-hybridized carbons (Fsp3) is 0.0714. The Labute approximate surface area is 117 Å². The Hall–Kier alpha value is -2.01. The summed E-state index contributed by atoms with van der Waals surface area (Å²) in [6.07, 6.45) is 0. The third-order valence-corrected chi connectivity index (χ3v) is 3.38. The summed E-state index contributed by atoms with van der Waals surface area (Å²) >= 11 is 3.48. The van der Waals surface area contributed by atoms with E-state index in [1.807, 2.05) is 30.3 Å². The average molecular weight is 316 g/mol. The number of para-hydroxylation sites is 1. The summed E-state index contributed by atoms with van der Waals surface area (Å²) in [5, 5.41) is 1.04. The molecule has 3 rings (SSSR count). The van der Waals surface area contributed by atoms with E-state index in [0.29, 0.717) is 17.2 Å². The fourth-order valence-electron chi connectivity index (χ4n) is 1.95. The highest BCUT2D eigenvalue weighted by atomic mass is 79.9. The predicted molar refractivity (Wildman–Crippen MR) is 78.0 cm³/mol. The molecular formula is C14H10BrN3O. The summed E-state index contributed by atoms with van der Waals surface area (Å²) < 4.78 is 0.806. The van der Waals surface area contributed by atoms with Crippen LogP contribution in [0.3, 0.4) is 0 Å². The normalized spacial score (nSPS) is 10.8. The van der Waals surface area contributed by atoms with E-state index in [4.69, 9.17) is 0 Å². The smallest absolute Gasteiger partial charge is 0.251 e. The van der Waals surface area contributed by atoms with Gasteiger partial charge in [0.1, 0.15) is 5.69 Å². The van der Waals surface area contributed by atoms with Gasteiger partial charge in [-0.15, -0.1) is 0 Å². The lowest BCUT2D eigenvalue weighted by Crippen LogP contribution is -2.09. The number of aromatic nitrogens is 3. The van der Waals surface area contributed by atoms with Gasteiger partial charge in [0.2, 0.25) is 0 Å². The van der Waals surface area contributed by atoms with E-state index in [2.05, 4.69) is 30.9 Å². The second-order valence-corrected chi connectivity index (χ2v) is 5.10. The number of halogens is 1. The fourth-order valence-corrected chi connectivity index (χ4v) is 2.47. The van der Waals surface area contributed by atoms with Gasteiger partial charge in [-0.1, -0.05) is 18.2 Å². The highest BCUT2D eigenvalue weighted by Crippen LogP contribution is 2.27. The van der Waals surface area contributed by atoms with Crippen LogP contribution in [0, 0.1) is 6.92 Å². The van der Waals surface area contributed by atoms with Crippen molar-refractivity contribution in [3.8, 4) is 11.5 Å². The zero-order chi connectivity index (χ0) is 13.4. The molecule has 0 atom stereocenters. The van der Waals surface area contributed by atoms with Gasteiger partial charge in [0, 0.05) is 21.6 Å². The number of nitrogens with one attached hydrogen (secondary N) is 1. The summed E-state index contributed by atoms with van der Waals surface area (Å²) in [6, 6.07) is 11.2. The van der Waals surface area contributed by atoms with Crippen LogP contribution in [0.15, 0.2) is 45.7 Å². The van der Waals surface area contributed by atoms with Crippen LogP contribution in [0.2, 0.25) is 0 Å². The minimum absolute atomic E-state index is 0.177. The third kappa shape index (κ3) is 2.29. The van der Waals surface area contributed by atoms with E-state index in [1.165, 1.54) is 6.07 Å². The Kier molecular flexibility index (Phi) is 2.91. The molecule has 1 aromatic carbocycles. The largest absolute Gasteiger partial charge is 0.305 e. The van der Waals surface area contributed by atoms with Gasteiger partial charge in [-0.25, -0.2) is 9.97 Å². The van der Waals surface area contributed by atoms with Crippen molar-refractivity contribution in [1.82, 2.24) is 15.0 Å². The van der Waals surface area contributed by atoms with Gasteiger partial charge in [-0.3, -0.25) is 4.79 Å². The Morgan fingerprint density at radius 2 is 1.95 bits per heavy atom. The minimum atomic E-state index is -0.177. The second-order valence-electron chi connectivity index (χ2n) is 4.25. The lowest BCUT2D eigenvalue weighted by atomic mass is 10.2. The number of rotatable bonds is 1. The quantitative estimate of drug-likeness (QED) is 0.750. The highest BCUT2D eigenvalue weighted by Gasteiger charge is 2.10. The molecule has 3 aromatic rings. The number of hydrogen-bond donors (Lipinski definition) is 1. The first-order chi connectivity index (χ1) is 9.13. The molecular weight excluding hydrogens is 306 g/mol.